The molecule has 1 atom stereocenters. The maximum Gasteiger partial charge on any atom is 0.321 e. The standard InChI is InChI=1S/C17H25N3O2/c1-13(2)11-18-17(22)19-16(21)12-20-10-6-9-15(20)14-7-4-3-5-8-14/h3-5,7-8,13,15H,6,9-12H2,1-2H3,(H2,18,19,21,22)/t15-/m0/s1. The topological polar surface area (TPSA) is 61.4 Å². The Labute approximate surface area is 132 Å². The molecule has 0 radical (unpaired) electrons. The van der Waals surface area contributed by atoms with Gasteiger partial charge in [-0.3, -0.25) is 15.0 Å². The van der Waals surface area contributed by atoms with Crippen molar-refractivity contribution in [2.24, 2.45) is 5.92 Å². The number of imide groups is 1. The van der Waals surface area contributed by atoms with Crippen LogP contribution in [0.15, 0.2) is 30.3 Å². The molecule has 0 bridgehead atoms. The largest absolute Gasteiger partial charge is 0.338 e. The van der Waals surface area contributed by atoms with Crippen LogP contribution in [0.1, 0.15) is 38.3 Å². The number of carbonyl (C=O) groups is 2. The molecule has 2 rings (SSSR count). The monoisotopic (exact) mass is 303 g/mol. The van der Waals surface area contributed by atoms with Gasteiger partial charge in [-0.2, -0.15) is 0 Å². The summed E-state index contributed by atoms with van der Waals surface area (Å²) in [7, 11) is 0. The van der Waals surface area contributed by atoms with E-state index < -0.39 is 6.03 Å². The van der Waals surface area contributed by atoms with E-state index in [0.29, 0.717) is 12.5 Å². The van der Waals surface area contributed by atoms with Gasteiger partial charge in [-0.05, 0) is 30.9 Å². The summed E-state index contributed by atoms with van der Waals surface area (Å²) < 4.78 is 0. The summed E-state index contributed by atoms with van der Waals surface area (Å²) in [6.07, 6.45) is 2.13. The molecule has 0 saturated carbocycles. The molecule has 1 aliphatic rings. The minimum Gasteiger partial charge on any atom is -0.338 e. The van der Waals surface area contributed by atoms with Crippen molar-refractivity contribution in [1.82, 2.24) is 15.5 Å². The van der Waals surface area contributed by atoms with Gasteiger partial charge in [0.2, 0.25) is 5.91 Å². The van der Waals surface area contributed by atoms with E-state index in [1.165, 1.54) is 5.56 Å². The van der Waals surface area contributed by atoms with Gasteiger partial charge >= 0.3 is 6.03 Å². The second kappa shape index (κ2) is 7.94. The van der Waals surface area contributed by atoms with Crippen LogP contribution in [0, 0.1) is 5.92 Å². The number of likely N-dealkylation sites (tertiary alicyclic amines) is 1. The van der Waals surface area contributed by atoms with Crippen molar-refractivity contribution < 1.29 is 9.59 Å². The lowest BCUT2D eigenvalue weighted by Crippen LogP contribution is -2.45. The van der Waals surface area contributed by atoms with Crippen molar-refractivity contribution in [2.45, 2.75) is 32.7 Å². The molecular formula is C17H25N3O2. The molecule has 0 spiro atoms. The summed E-state index contributed by atoms with van der Waals surface area (Å²) >= 11 is 0. The highest BCUT2D eigenvalue weighted by Crippen LogP contribution is 2.31. The number of carbonyl (C=O) groups excluding carboxylic acids is 2. The Morgan fingerprint density at radius 1 is 1.27 bits per heavy atom. The molecule has 1 aliphatic heterocycles. The molecule has 1 heterocycles. The maximum absolute atomic E-state index is 12.0. The van der Waals surface area contributed by atoms with Crippen LogP contribution in [-0.2, 0) is 4.79 Å². The highest BCUT2D eigenvalue weighted by Gasteiger charge is 2.27. The molecule has 22 heavy (non-hydrogen) atoms. The van der Waals surface area contributed by atoms with E-state index in [0.717, 1.165) is 19.4 Å². The lowest BCUT2D eigenvalue weighted by Gasteiger charge is -2.24. The van der Waals surface area contributed by atoms with Crippen molar-refractivity contribution in [2.75, 3.05) is 19.6 Å². The zero-order chi connectivity index (χ0) is 15.9. The number of urea groups is 1. The van der Waals surface area contributed by atoms with E-state index in [1.807, 2.05) is 32.0 Å². The van der Waals surface area contributed by atoms with Gasteiger partial charge in [-0.1, -0.05) is 44.2 Å². The molecule has 1 fully saturated rings. The predicted octanol–water partition coefficient (Wildman–Crippen LogP) is 2.31. The number of hydrogen-bond donors (Lipinski definition) is 2. The number of benzene rings is 1. The molecule has 1 saturated heterocycles. The van der Waals surface area contributed by atoms with E-state index in [-0.39, 0.29) is 18.5 Å². The minimum absolute atomic E-state index is 0.246. The van der Waals surface area contributed by atoms with Crippen LogP contribution in [0.25, 0.3) is 0 Å². The first-order chi connectivity index (χ1) is 10.6. The van der Waals surface area contributed by atoms with Crippen LogP contribution in [0.2, 0.25) is 0 Å². The molecule has 0 aromatic heterocycles. The molecule has 1 aromatic carbocycles. The Hall–Kier alpha value is -1.88. The predicted molar refractivity (Wildman–Crippen MR) is 86.4 cm³/mol. The van der Waals surface area contributed by atoms with Crippen LogP contribution >= 0.6 is 0 Å². The molecule has 5 heteroatoms. The first-order valence-electron chi connectivity index (χ1n) is 7.93. The van der Waals surface area contributed by atoms with Gasteiger partial charge in [0, 0.05) is 12.6 Å². The lowest BCUT2D eigenvalue weighted by atomic mass is 10.0. The Kier molecular flexibility index (Phi) is 5.95. The number of hydrogen-bond acceptors (Lipinski definition) is 3. The van der Waals surface area contributed by atoms with Crippen LogP contribution in [0.4, 0.5) is 4.79 Å². The van der Waals surface area contributed by atoms with E-state index in [9.17, 15) is 9.59 Å². The second-order valence-electron chi connectivity index (χ2n) is 6.19. The summed E-state index contributed by atoms with van der Waals surface area (Å²) in [6, 6.07) is 10.1. The van der Waals surface area contributed by atoms with Gasteiger partial charge in [-0.25, -0.2) is 4.79 Å². The van der Waals surface area contributed by atoms with Crippen LogP contribution in [0.3, 0.4) is 0 Å². The number of nitrogens with one attached hydrogen (secondary N) is 2. The number of nitrogens with zero attached hydrogens (tertiary/aromatic N) is 1. The van der Waals surface area contributed by atoms with Gasteiger partial charge in [0.1, 0.15) is 0 Å². The fourth-order valence-electron chi connectivity index (χ4n) is 2.76. The highest BCUT2D eigenvalue weighted by atomic mass is 16.2. The molecule has 5 nitrogen and oxygen atoms in total. The van der Waals surface area contributed by atoms with Gasteiger partial charge in [-0.15, -0.1) is 0 Å². The van der Waals surface area contributed by atoms with E-state index >= 15 is 0 Å². The maximum atomic E-state index is 12.0. The van der Waals surface area contributed by atoms with E-state index in [1.54, 1.807) is 0 Å². The van der Waals surface area contributed by atoms with Crippen LogP contribution in [-0.4, -0.2) is 36.5 Å². The average Bonchev–Trinajstić information content (AvgIpc) is 2.94. The third-order valence-electron chi connectivity index (χ3n) is 3.82. The van der Waals surface area contributed by atoms with Crippen molar-refractivity contribution >= 4 is 11.9 Å². The summed E-state index contributed by atoms with van der Waals surface area (Å²) in [5, 5.41) is 5.09. The Morgan fingerprint density at radius 3 is 2.68 bits per heavy atom. The fraction of sp³-hybridized carbons (Fsp3) is 0.529. The molecule has 2 N–H and O–H groups in total. The van der Waals surface area contributed by atoms with Gasteiger partial charge in [0.25, 0.3) is 0 Å². The first-order valence-corrected chi connectivity index (χ1v) is 7.93. The van der Waals surface area contributed by atoms with Gasteiger partial charge in [0.15, 0.2) is 0 Å². The number of amides is 3. The minimum atomic E-state index is -0.408. The molecule has 3 amide bonds. The summed E-state index contributed by atoms with van der Waals surface area (Å²) in [6.45, 7) is 5.73. The lowest BCUT2D eigenvalue weighted by molar-refractivity contribution is -0.121. The smallest absolute Gasteiger partial charge is 0.321 e. The first kappa shape index (κ1) is 16.5. The number of rotatable bonds is 5. The molecule has 1 aromatic rings. The molecular weight excluding hydrogens is 278 g/mol. The molecule has 0 unspecified atom stereocenters. The third-order valence-corrected chi connectivity index (χ3v) is 3.82. The Bertz CT molecular complexity index is 502. The normalized spacial score (nSPS) is 18.4. The third kappa shape index (κ3) is 4.84. The average molecular weight is 303 g/mol. The molecule has 120 valence electrons. The summed E-state index contributed by atoms with van der Waals surface area (Å²) in [4.78, 5) is 25.8. The SMILES string of the molecule is CC(C)CNC(=O)NC(=O)CN1CCC[C@H]1c1ccccc1. The highest BCUT2D eigenvalue weighted by molar-refractivity contribution is 5.95. The Morgan fingerprint density at radius 2 is 2.00 bits per heavy atom. The van der Waals surface area contributed by atoms with Crippen molar-refractivity contribution in [3.63, 3.8) is 0 Å². The molecule has 0 aliphatic carbocycles. The van der Waals surface area contributed by atoms with Gasteiger partial charge in [0.05, 0.1) is 6.54 Å². The zero-order valence-electron chi connectivity index (χ0n) is 13.3. The Balaban J connectivity index is 1.84. The van der Waals surface area contributed by atoms with Gasteiger partial charge < -0.3 is 5.32 Å². The fourth-order valence-corrected chi connectivity index (χ4v) is 2.76. The van der Waals surface area contributed by atoms with E-state index in [4.69, 9.17) is 0 Å². The van der Waals surface area contributed by atoms with E-state index in [2.05, 4.69) is 27.7 Å². The zero-order valence-corrected chi connectivity index (χ0v) is 13.3. The second-order valence-corrected chi connectivity index (χ2v) is 6.19. The summed E-state index contributed by atoms with van der Waals surface area (Å²) in [5.74, 6) is 0.117. The quantitative estimate of drug-likeness (QED) is 0.877. The van der Waals surface area contributed by atoms with Crippen LogP contribution in [0.5, 0.6) is 0 Å². The van der Waals surface area contributed by atoms with Crippen LogP contribution < -0.4 is 10.6 Å². The van der Waals surface area contributed by atoms with Crippen molar-refractivity contribution in [3.8, 4) is 0 Å². The van der Waals surface area contributed by atoms with Crippen molar-refractivity contribution in [3.05, 3.63) is 35.9 Å². The summed E-state index contributed by atoms with van der Waals surface area (Å²) in [5.41, 5.74) is 1.23. The van der Waals surface area contributed by atoms with Crippen molar-refractivity contribution in [1.29, 1.82) is 0 Å².